The minimum Gasteiger partial charge on any atom is -0.494 e. The molecule has 1 aliphatic heterocycles. The predicted octanol–water partition coefficient (Wildman–Crippen LogP) is 3.98. The van der Waals surface area contributed by atoms with E-state index in [1.165, 1.54) is 24.8 Å². The van der Waals surface area contributed by atoms with Crippen LogP contribution in [-0.2, 0) is 0 Å². The Morgan fingerprint density at radius 1 is 1.29 bits per heavy atom. The molecule has 1 aromatic rings. The maximum atomic E-state index is 5.88. The first-order valence-electron chi connectivity index (χ1n) is 8.13. The number of hydrogen-bond donors (Lipinski definition) is 1. The number of halogens is 1. The Hall–Kier alpha value is -0.580. The summed E-state index contributed by atoms with van der Waals surface area (Å²) >= 11 is 3.62. The molecule has 3 nitrogen and oxygen atoms in total. The van der Waals surface area contributed by atoms with Crippen LogP contribution in [0.1, 0.15) is 44.7 Å². The van der Waals surface area contributed by atoms with Crippen LogP contribution in [0.3, 0.4) is 0 Å². The van der Waals surface area contributed by atoms with Gasteiger partial charge in [0.2, 0.25) is 0 Å². The van der Waals surface area contributed by atoms with Gasteiger partial charge in [-0.2, -0.15) is 0 Å². The molecule has 2 rings (SSSR count). The third kappa shape index (κ3) is 4.70. The van der Waals surface area contributed by atoms with Crippen molar-refractivity contribution in [3.63, 3.8) is 0 Å². The summed E-state index contributed by atoms with van der Waals surface area (Å²) in [6, 6.07) is 6.88. The molecule has 0 saturated carbocycles. The Balaban J connectivity index is 2.27. The smallest absolute Gasteiger partial charge is 0.124 e. The molecule has 0 aliphatic carbocycles. The van der Waals surface area contributed by atoms with E-state index in [9.17, 15) is 0 Å². The lowest BCUT2D eigenvalue weighted by molar-refractivity contribution is 0.159. The molecule has 1 heterocycles. The molecule has 1 aromatic carbocycles. The molecule has 0 aromatic heterocycles. The Labute approximate surface area is 137 Å². The van der Waals surface area contributed by atoms with Crippen molar-refractivity contribution in [3.8, 4) is 5.75 Å². The van der Waals surface area contributed by atoms with E-state index in [2.05, 4.69) is 58.2 Å². The molecule has 0 amide bonds. The predicted molar refractivity (Wildman–Crippen MR) is 92.0 cm³/mol. The average molecular weight is 355 g/mol. The van der Waals surface area contributed by atoms with E-state index in [-0.39, 0.29) is 0 Å². The topological polar surface area (TPSA) is 24.5 Å². The van der Waals surface area contributed by atoms with Gasteiger partial charge in [-0.05, 0) is 31.5 Å². The lowest BCUT2D eigenvalue weighted by atomic mass is 9.98. The Bertz CT molecular complexity index is 433. The monoisotopic (exact) mass is 354 g/mol. The van der Waals surface area contributed by atoms with E-state index in [4.69, 9.17) is 4.74 Å². The molecule has 1 N–H and O–H groups in total. The van der Waals surface area contributed by atoms with Crippen molar-refractivity contribution in [3.05, 3.63) is 28.2 Å². The second-order valence-electron chi connectivity index (χ2n) is 5.56. The first kappa shape index (κ1) is 16.8. The van der Waals surface area contributed by atoms with Crippen LogP contribution in [0.5, 0.6) is 5.75 Å². The van der Waals surface area contributed by atoms with Gasteiger partial charge in [-0.3, -0.25) is 4.90 Å². The zero-order valence-corrected chi connectivity index (χ0v) is 14.8. The van der Waals surface area contributed by atoms with Crippen LogP contribution in [0.2, 0.25) is 0 Å². The molecule has 1 fully saturated rings. The maximum Gasteiger partial charge on any atom is 0.124 e. The summed E-state index contributed by atoms with van der Waals surface area (Å²) in [6.45, 7) is 9.44. The molecule has 0 unspecified atom stereocenters. The van der Waals surface area contributed by atoms with Gasteiger partial charge in [-0.1, -0.05) is 35.7 Å². The second-order valence-corrected chi connectivity index (χ2v) is 6.47. The van der Waals surface area contributed by atoms with Gasteiger partial charge in [-0.25, -0.2) is 0 Å². The molecular formula is C17H27BrN2O. The van der Waals surface area contributed by atoms with Gasteiger partial charge in [0.05, 0.1) is 6.61 Å². The third-order valence-corrected chi connectivity index (χ3v) is 4.55. The number of benzene rings is 1. The van der Waals surface area contributed by atoms with E-state index >= 15 is 0 Å². The van der Waals surface area contributed by atoms with Crippen LogP contribution in [0, 0.1) is 0 Å². The van der Waals surface area contributed by atoms with E-state index in [0.717, 1.165) is 43.0 Å². The zero-order chi connectivity index (χ0) is 15.1. The highest BCUT2D eigenvalue weighted by Gasteiger charge is 2.24. The van der Waals surface area contributed by atoms with Crippen molar-refractivity contribution in [1.29, 1.82) is 0 Å². The normalized spacial score (nSPS) is 17.7. The van der Waals surface area contributed by atoms with Crippen LogP contribution in [0.25, 0.3) is 0 Å². The fourth-order valence-electron chi connectivity index (χ4n) is 2.99. The van der Waals surface area contributed by atoms with Crippen LogP contribution in [0.4, 0.5) is 0 Å². The first-order valence-corrected chi connectivity index (χ1v) is 8.92. The summed E-state index contributed by atoms with van der Waals surface area (Å²) < 4.78 is 7.02. The van der Waals surface area contributed by atoms with Crippen molar-refractivity contribution >= 4 is 15.9 Å². The van der Waals surface area contributed by atoms with E-state index in [1.54, 1.807) is 0 Å². The van der Waals surface area contributed by atoms with Crippen LogP contribution >= 0.6 is 15.9 Å². The highest BCUT2D eigenvalue weighted by molar-refractivity contribution is 9.10. The summed E-state index contributed by atoms with van der Waals surface area (Å²) in [5.74, 6) is 1.04. The summed E-state index contributed by atoms with van der Waals surface area (Å²) in [7, 11) is 0. The van der Waals surface area contributed by atoms with Crippen molar-refractivity contribution in [2.75, 3.05) is 32.8 Å². The van der Waals surface area contributed by atoms with Crippen molar-refractivity contribution in [2.24, 2.45) is 0 Å². The second kappa shape index (κ2) is 8.76. The van der Waals surface area contributed by atoms with E-state index in [0.29, 0.717) is 6.04 Å². The minimum absolute atomic E-state index is 0.464. The molecule has 118 valence electrons. The van der Waals surface area contributed by atoms with Crippen LogP contribution < -0.4 is 10.1 Å². The summed E-state index contributed by atoms with van der Waals surface area (Å²) in [5, 5.41) is 3.45. The standard InChI is InChI=1S/C17H27BrN2O/c1-3-5-6-16(20-11-9-19-10-12-20)15-13-14(18)7-8-17(15)21-4-2/h7-8,13,16,19H,3-6,9-12H2,1-2H3/t16-/m0/s1. The summed E-state index contributed by atoms with van der Waals surface area (Å²) in [4.78, 5) is 2.61. The molecule has 1 saturated heterocycles. The third-order valence-electron chi connectivity index (χ3n) is 4.05. The molecule has 0 spiro atoms. The zero-order valence-electron chi connectivity index (χ0n) is 13.2. The molecule has 21 heavy (non-hydrogen) atoms. The van der Waals surface area contributed by atoms with Gasteiger partial charge in [-0.15, -0.1) is 0 Å². The molecule has 0 bridgehead atoms. The van der Waals surface area contributed by atoms with Gasteiger partial charge in [0.1, 0.15) is 5.75 Å². The van der Waals surface area contributed by atoms with Gasteiger partial charge >= 0.3 is 0 Å². The fourth-order valence-corrected chi connectivity index (χ4v) is 3.37. The molecule has 4 heteroatoms. The number of nitrogens with zero attached hydrogens (tertiary/aromatic N) is 1. The number of piperazine rings is 1. The summed E-state index contributed by atoms with van der Waals surface area (Å²) in [5.41, 5.74) is 1.33. The minimum atomic E-state index is 0.464. The van der Waals surface area contributed by atoms with Crippen molar-refractivity contribution in [1.82, 2.24) is 10.2 Å². The largest absolute Gasteiger partial charge is 0.494 e. The number of hydrogen-bond acceptors (Lipinski definition) is 3. The van der Waals surface area contributed by atoms with Gasteiger partial charge in [0, 0.05) is 42.3 Å². The maximum absolute atomic E-state index is 5.88. The van der Waals surface area contributed by atoms with E-state index in [1.807, 2.05) is 0 Å². The molecule has 0 radical (unpaired) electrons. The highest BCUT2D eigenvalue weighted by atomic mass is 79.9. The van der Waals surface area contributed by atoms with Crippen LogP contribution in [0.15, 0.2) is 22.7 Å². The molecule has 1 aliphatic rings. The quantitative estimate of drug-likeness (QED) is 0.801. The fraction of sp³-hybridized carbons (Fsp3) is 0.647. The Morgan fingerprint density at radius 3 is 2.71 bits per heavy atom. The average Bonchev–Trinajstić information content (AvgIpc) is 2.51. The van der Waals surface area contributed by atoms with Gasteiger partial charge in [0.25, 0.3) is 0 Å². The first-order chi connectivity index (χ1) is 10.3. The molecule has 1 atom stereocenters. The van der Waals surface area contributed by atoms with Crippen molar-refractivity contribution < 1.29 is 4.74 Å². The lowest BCUT2D eigenvalue weighted by Crippen LogP contribution is -2.45. The number of rotatable bonds is 7. The summed E-state index contributed by atoms with van der Waals surface area (Å²) in [6.07, 6.45) is 3.69. The molecular weight excluding hydrogens is 328 g/mol. The number of unbranched alkanes of at least 4 members (excludes halogenated alkanes) is 1. The van der Waals surface area contributed by atoms with Gasteiger partial charge < -0.3 is 10.1 Å². The highest BCUT2D eigenvalue weighted by Crippen LogP contribution is 2.35. The van der Waals surface area contributed by atoms with Gasteiger partial charge in [0.15, 0.2) is 0 Å². The van der Waals surface area contributed by atoms with Crippen molar-refractivity contribution in [2.45, 2.75) is 39.2 Å². The van der Waals surface area contributed by atoms with Crippen LogP contribution in [-0.4, -0.2) is 37.7 Å². The number of ether oxygens (including phenoxy) is 1. The number of nitrogens with one attached hydrogen (secondary N) is 1. The Morgan fingerprint density at radius 2 is 2.05 bits per heavy atom. The van der Waals surface area contributed by atoms with E-state index < -0.39 is 0 Å². The Kier molecular flexibility index (Phi) is 7.00. The SMILES string of the molecule is CCCC[C@@H](c1cc(Br)ccc1OCC)N1CCNCC1. The lowest BCUT2D eigenvalue weighted by Gasteiger charge is -2.36.